The molecule has 1 aromatic rings. The van der Waals surface area contributed by atoms with E-state index in [2.05, 4.69) is 28.2 Å². The lowest BCUT2D eigenvalue weighted by Gasteiger charge is -2.31. The predicted molar refractivity (Wildman–Crippen MR) is 64.2 cm³/mol. The number of hydrogen-bond acceptors (Lipinski definition) is 3. The third-order valence-corrected chi connectivity index (χ3v) is 2.58. The number of halogens is 1. The van der Waals surface area contributed by atoms with Crippen molar-refractivity contribution in [2.75, 3.05) is 19.6 Å². The van der Waals surface area contributed by atoms with Crippen LogP contribution in [0.2, 0.25) is 0 Å². The molecular weight excluding hydrogens is 210 g/mol. The van der Waals surface area contributed by atoms with Crippen LogP contribution < -0.4 is 5.32 Å². The average molecular weight is 228 g/mol. The summed E-state index contributed by atoms with van der Waals surface area (Å²) in [6, 6.07) is 4.75. The Morgan fingerprint density at radius 3 is 3.13 bits per heavy atom. The predicted octanol–water partition coefficient (Wildman–Crippen LogP) is 1.30. The highest BCUT2D eigenvalue weighted by atomic mass is 35.5. The molecule has 84 valence electrons. The molecule has 1 aliphatic rings. The lowest BCUT2D eigenvalue weighted by Crippen LogP contribution is -2.48. The van der Waals surface area contributed by atoms with E-state index in [4.69, 9.17) is 0 Å². The van der Waals surface area contributed by atoms with Gasteiger partial charge in [0.2, 0.25) is 0 Å². The summed E-state index contributed by atoms with van der Waals surface area (Å²) in [6.07, 6.45) is 3.77. The van der Waals surface area contributed by atoms with Gasteiger partial charge in [-0.1, -0.05) is 6.07 Å². The number of piperazine rings is 1. The van der Waals surface area contributed by atoms with E-state index in [1.54, 1.807) is 0 Å². The van der Waals surface area contributed by atoms with Crippen LogP contribution in [0.5, 0.6) is 0 Å². The van der Waals surface area contributed by atoms with Crippen LogP contribution in [0, 0.1) is 0 Å². The van der Waals surface area contributed by atoms with Crippen LogP contribution in [0.1, 0.15) is 12.5 Å². The molecule has 4 heteroatoms. The Labute approximate surface area is 97.3 Å². The van der Waals surface area contributed by atoms with Gasteiger partial charge in [-0.3, -0.25) is 9.88 Å². The second-order valence-corrected chi connectivity index (χ2v) is 3.95. The summed E-state index contributed by atoms with van der Waals surface area (Å²) in [6.45, 7) is 6.63. The maximum absolute atomic E-state index is 4.13. The summed E-state index contributed by atoms with van der Waals surface area (Å²) in [5.41, 5.74) is 1.31. The maximum atomic E-state index is 4.13. The second kappa shape index (κ2) is 6.05. The van der Waals surface area contributed by atoms with E-state index in [1.165, 1.54) is 5.56 Å². The van der Waals surface area contributed by atoms with E-state index >= 15 is 0 Å². The molecule has 0 saturated carbocycles. The Balaban J connectivity index is 0.00000112. The molecular formula is C11H18ClN3. The molecule has 2 rings (SSSR count). The van der Waals surface area contributed by atoms with E-state index in [1.807, 2.05) is 18.5 Å². The van der Waals surface area contributed by atoms with Crippen molar-refractivity contribution in [1.82, 2.24) is 15.2 Å². The summed E-state index contributed by atoms with van der Waals surface area (Å²) in [4.78, 5) is 6.60. The fourth-order valence-corrected chi connectivity index (χ4v) is 1.91. The minimum Gasteiger partial charge on any atom is -0.312 e. The van der Waals surface area contributed by atoms with Gasteiger partial charge in [-0.05, 0) is 18.6 Å². The SMILES string of the molecule is CC1CN(Cc2cccnc2)CCN1.Cl. The molecule has 15 heavy (non-hydrogen) atoms. The van der Waals surface area contributed by atoms with E-state index < -0.39 is 0 Å². The van der Waals surface area contributed by atoms with Gasteiger partial charge in [0.15, 0.2) is 0 Å². The Morgan fingerprint density at radius 2 is 2.47 bits per heavy atom. The number of rotatable bonds is 2. The summed E-state index contributed by atoms with van der Waals surface area (Å²) in [7, 11) is 0. The van der Waals surface area contributed by atoms with Gasteiger partial charge in [0.05, 0.1) is 0 Å². The molecule has 0 aromatic carbocycles. The standard InChI is InChI=1S/C11H17N3.ClH/c1-10-8-14(6-5-13-10)9-11-3-2-4-12-7-11;/h2-4,7,10,13H,5-6,8-9H2,1H3;1H. The fourth-order valence-electron chi connectivity index (χ4n) is 1.91. The molecule has 3 nitrogen and oxygen atoms in total. The summed E-state index contributed by atoms with van der Waals surface area (Å²) in [5.74, 6) is 0. The van der Waals surface area contributed by atoms with Crippen LogP contribution in [0.15, 0.2) is 24.5 Å². The van der Waals surface area contributed by atoms with Crippen molar-refractivity contribution in [1.29, 1.82) is 0 Å². The summed E-state index contributed by atoms with van der Waals surface area (Å²) < 4.78 is 0. The van der Waals surface area contributed by atoms with Gasteiger partial charge in [-0.2, -0.15) is 0 Å². The summed E-state index contributed by atoms with van der Waals surface area (Å²) in [5, 5.41) is 3.44. The number of nitrogens with one attached hydrogen (secondary N) is 1. The van der Waals surface area contributed by atoms with Crippen molar-refractivity contribution in [3.8, 4) is 0 Å². The minimum absolute atomic E-state index is 0. The highest BCUT2D eigenvalue weighted by Crippen LogP contribution is 2.05. The number of nitrogens with zero attached hydrogens (tertiary/aromatic N) is 2. The molecule has 1 atom stereocenters. The van der Waals surface area contributed by atoms with Crippen molar-refractivity contribution in [2.45, 2.75) is 19.5 Å². The zero-order valence-electron chi connectivity index (χ0n) is 9.02. The van der Waals surface area contributed by atoms with Crippen LogP contribution in [0.25, 0.3) is 0 Å². The highest BCUT2D eigenvalue weighted by molar-refractivity contribution is 5.85. The van der Waals surface area contributed by atoms with Crippen molar-refractivity contribution in [3.05, 3.63) is 30.1 Å². The highest BCUT2D eigenvalue weighted by Gasteiger charge is 2.14. The first kappa shape index (κ1) is 12.4. The van der Waals surface area contributed by atoms with Crippen molar-refractivity contribution >= 4 is 12.4 Å². The molecule has 0 bridgehead atoms. The molecule has 1 aromatic heterocycles. The third kappa shape index (κ3) is 3.78. The average Bonchev–Trinajstić information content (AvgIpc) is 2.19. The number of pyridine rings is 1. The minimum atomic E-state index is 0. The monoisotopic (exact) mass is 227 g/mol. The Bertz CT molecular complexity index is 278. The van der Waals surface area contributed by atoms with Crippen molar-refractivity contribution < 1.29 is 0 Å². The molecule has 0 aliphatic carbocycles. The molecule has 0 radical (unpaired) electrons. The van der Waals surface area contributed by atoms with Crippen LogP contribution in [-0.2, 0) is 6.54 Å². The molecule has 1 fully saturated rings. The quantitative estimate of drug-likeness (QED) is 0.826. The molecule has 1 N–H and O–H groups in total. The van der Waals surface area contributed by atoms with Crippen LogP contribution >= 0.6 is 12.4 Å². The molecule has 1 unspecified atom stereocenters. The molecule has 1 saturated heterocycles. The lowest BCUT2D eigenvalue weighted by atomic mass is 10.2. The summed E-state index contributed by atoms with van der Waals surface area (Å²) >= 11 is 0. The Kier molecular flexibility index (Phi) is 5.02. The Hall–Kier alpha value is -0.640. The van der Waals surface area contributed by atoms with E-state index in [9.17, 15) is 0 Å². The van der Waals surface area contributed by atoms with Crippen molar-refractivity contribution in [3.63, 3.8) is 0 Å². The molecule has 0 spiro atoms. The number of aromatic nitrogens is 1. The molecule has 1 aliphatic heterocycles. The maximum Gasteiger partial charge on any atom is 0.0312 e. The lowest BCUT2D eigenvalue weighted by molar-refractivity contribution is 0.199. The third-order valence-electron chi connectivity index (χ3n) is 2.58. The van der Waals surface area contributed by atoms with E-state index in [0.717, 1.165) is 26.2 Å². The second-order valence-electron chi connectivity index (χ2n) is 3.95. The fraction of sp³-hybridized carbons (Fsp3) is 0.545. The van der Waals surface area contributed by atoms with Gasteiger partial charge in [0, 0.05) is 44.6 Å². The van der Waals surface area contributed by atoms with Crippen LogP contribution in [-0.4, -0.2) is 35.6 Å². The zero-order chi connectivity index (χ0) is 9.80. The van der Waals surface area contributed by atoms with Crippen LogP contribution in [0.4, 0.5) is 0 Å². The van der Waals surface area contributed by atoms with Crippen molar-refractivity contribution in [2.24, 2.45) is 0 Å². The van der Waals surface area contributed by atoms with E-state index in [-0.39, 0.29) is 12.4 Å². The zero-order valence-corrected chi connectivity index (χ0v) is 9.83. The smallest absolute Gasteiger partial charge is 0.0312 e. The van der Waals surface area contributed by atoms with Gasteiger partial charge in [0.25, 0.3) is 0 Å². The first-order chi connectivity index (χ1) is 6.84. The van der Waals surface area contributed by atoms with Gasteiger partial charge < -0.3 is 5.32 Å². The van der Waals surface area contributed by atoms with Gasteiger partial charge in [0.1, 0.15) is 0 Å². The number of hydrogen-bond donors (Lipinski definition) is 1. The van der Waals surface area contributed by atoms with Gasteiger partial charge >= 0.3 is 0 Å². The van der Waals surface area contributed by atoms with E-state index in [0.29, 0.717) is 6.04 Å². The normalized spacial score (nSPS) is 22.1. The largest absolute Gasteiger partial charge is 0.312 e. The Morgan fingerprint density at radius 1 is 1.60 bits per heavy atom. The van der Waals surface area contributed by atoms with Gasteiger partial charge in [-0.25, -0.2) is 0 Å². The first-order valence-corrected chi connectivity index (χ1v) is 5.19. The van der Waals surface area contributed by atoms with Crippen LogP contribution in [0.3, 0.4) is 0 Å². The molecule has 2 heterocycles. The molecule has 0 amide bonds. The first-order valence-electron chi connectivity index (χ1n) is 5.19. The van der Waals surface area contributed by atoms with Gasteiger partial charge in [-0.15, -0.1) is 12.4 Å². The topological polar surface area (TPSA) is 28.2 Å².